The van der Waals surface area contributed by atoms with Crippen LogP contribution in [0.3, 0.4) is 0 Å². The maximum absolute atomic E-state index is 6.30. The fourth-order valence-corrected chi connectivity index (χ4v) is 5.13. The molecule has 0 aliphatic heterocycles. The zero-order valence-electron chi connectivity index (χ0n) is 20.6. The van der Waals surface area contributed by atoms with Crippen molar-refractivity contribution in [1.29, 1.82) is 0 Å². The lowest BCUT2D eigenvalue weighted by molar-refractivity contribution is 0.0848. The molecule has 0 fully saturated rings. The molecule has 0 saturated heterocycles. The Bertz CT molecular complexity index is 314. The van der Waals surface area contributed by atoms with E-state index in [2.05, 4.69) is 63.2 Å². The summed E-state index contributed by atoms with van der Waals surface area (Å²) in [5, 5.41) is 0. The van der Waals surface area contributed by atoms with Gasteiger partial charge in [-0.05, 0) is 104 Å². The average Bonchev–Trinajstić information content (AvgIpc) is 2.73. The predicted octanol–water partition coefficient (Wildman–Crippen LogP) is 4.24. The Morgan fingerprint density at radius 1 is 0.607 bits per heavy atom. The molecule has 0 amide bonds. The second-order valence-corrected chi connectivity index (χ2v) is 9.72. The van der Waals surface area contributed by atoms with E-state index in [1.807, 2.05) is 0 Å². The molecule has 0 unspecified atom stereocenters. The van der Waals surface area contributed by atoms with Crippen molar-refractivity contribution in [3.05, 3.63) is 0 Å². The summed E-state index contributed by atoms with van der Waals surface area (Å²) >= 11 is 0. The third kappa shape index (κ3) is 13.3. The molecule has 0 atom stereocenters. The first kappa shape index (κ1) is 28.1. The van der Waals surface area contributed by atoms with Crippen molar-refractivity contribution in [2.24, 2.45) is 0 Å². The fourth-order valence-electron chi connectivity index (χ4n) is 3.66. The molecule has 0 aromatic heterocycles. The maximum atomic E-state index is 6.30. The van der Waals surface area contributed by atoms with Crippen LogP contribution in [0.1, 0.15) is 80.6 Å². The molecular weight excluding hydrogens is 362 g/mol. The summed E-state index contributed by atoms with van der Waals surface area (Å²) in [5.41, 5.74) is 0.138. The lowest BCUT2D eigenvalue weighted by atomic mass is 10.0. The highest BCUT2D eigenvalue weighted by Gasteiger charge is 2.19. The topological polar surface area (TPSA) is 19.0 Å². The normalized spacial score (nSPS) is 13.1. The van der Waals surface area contributed by atoms with E-state index in [0.29, 0.717) is 0 Å². The van der Waals surface area contributed by atoms with E-state index in [9.17, 15) is 0 Å². The third-order valence-corrected chi connectivity index (χ3v) is 8.19. The van der Waals surface area contributed by atoms with Crippen LogP contribution in [0.4, 0.5) is 0 Å². The van der Waals surface area contributed by atoms with Crippen molar-refractivity contribution < 1.29 is 4.43 Å². The van der Waals surface area contributed by atoms with Gasteiger partial charge in [0.2, 0.25) is 0 Å². The van der Waals surface area contributed by atoms with Crippen molar-refractivity contribution in [2.45, 2.75) is 92.2 Å². The van der Waals surface area contributed by atoms with Gasteiger partial charge < -0.3 is 19.1 Å². The molecule has 28 heavy (non-hydrogen) atoms. The van der Waals surface area contributed by atoms with Crippen LogP contribution >= 0.6 is 0 Å². The minimum atomic E-state index is -0.380. The van der Waals surface area contributed by atoms with Gasteiger partial charge >= 0.3 is 0 Å². The highest BCUT2D eigenvalue weighted by molar-refractivity contribution is 6.27. The maximum Gasteiger partial charge on any atom is 0.162 e. The first-order chi connectivity index (χ1) is 13.5. The van der Waals surface area contributed by atoms with Gasteiger partial charge in [0.05, 0.1) is 5.60 Å². The molecule has 0 aliphatic carbocycles. The van der Waals surface area contributed by atoms with Gasteiger partial charge in [0.25, 0.3) is 0 Å². The smallest absolute Gasteiger partial charge is 0.162 e. The molecule has 0 rings (SSSR count). The standard InChI is InChI=1S/C23H53N3OSi/c1-8-23(7,9-2)27-28-22-16-21-26(19-14-17-24(10-3)11-4)20-15-18-25(12-5)13-6/h8-22,28H2,1-7H3. The largest absolute Gasteiger partial charge is 0.419 e. The van der Waals surface area contributed by atoms with Crippen molar-refractivity contribution in [1.82, 2.24) is 14.7 Å². The summed E-state index contributed by atoms with van der Waals surface area (Å²) in [6, 6.07) is 1.32. The van der Waals surface area contributed by atoms with E-state index in [-0.39, 0.29) is 15.4 Å². The molecule has 4 nitrogen and oxygen atoms in total. The van der Waals surface area contributed by atoms with E-state index in [1.165, 1.54) is 84.2 Å². The van der Waals surface area contributed by atoms with Crippen LogP contribution in [0.2, 0.25) is 6.04 Å². The van der Waals surface area contributed by atoms with Crippen LogP contribution in [0.25, 0.3) is 0 Å². The molecular formula is C23H53N3OSi. The van der Waals surface area contributed by atoms with Crippen molar-refractivity contribution >= 4 is 9.76 Å². The fraction of sp³-hybridized carbons (Fsp3) is 1.00. The Hall–Kier alpha value is 0.0569. The van der Waals surface area contributed by atoms with Gasteiger partial charge in [-0.3, -0.25) is 0 Å². The molecule has 0 bridgehead atoms. The summed E-state index contributed by atoms with van der Waals surface area (Å²) in [5.74, 6) is 0. The zero-order chi connectivity index (χ0) is 21.3. The predicted molar refractivity (Wildman–Crippen MR) is 129 cm³/mol. The number of nitrogens with zero attached hydrogens (tertiary/aromatic N) is 3. The van der Waals surface area contributed by atoms with E-state index < -0.39 is 0 Å². The minimum Gasteiger partial charge on any atom is -0.419 e. The Kier molecular flexibility index (Phi) is 17.9. The molecule has 0 N–H and O–H groups in total. The van der Waals surface area contributed by atoms with Crippen LogP contribution in [-0.2, 0) is 4.43 Å². The van der Waals surface area contributed by atoms with Gasteiger partial charge in [0.15, 0.2) is 9.76 Å². The first-order valence-electron chi connectivity index (χ1n) is 12.3. The summed E-state index contributed by atoms with van der Waals surface area (Å²) in [7, 11) is -0.380. The Morgan fingerprint density at radius 3 is 1.39 bits per heavy atom. The summed E-state index contributed by atoms with van der Waals surface area (Å²) in [4.78, 5) is 7.82. The summed E-state index contributed by atoms with van der Waals surface area (Å²) in [6.07, 6.45) is 6.18. The lowest BCUT2D eigenvalue weighted by Gasteiger charge is -2.28. The van der Waals surface area contributed by atoms with Crippen LogP contribution in [0.5, 0.6) is 0 Å². The molecule has 0 aromatic carbocycles. The monoisotopic (exact) mass is 415 g/mol. The molecule has 0 aliphatic rings. The Balaban J connectivity index is 4.27. The van der Waals surface area contributed by atoms with Gasteiger partial charge in [-0.2, -0.15) is 0 Å². The second-order valence-electron chi connectivity index (χ2n) is 8.32. The number of rotatable bonds is 20. The van der Waals surface area contributed by atoms with E-state index in [4.69, 9.17) is 4.43 Å². The van der Waals surface area contributed by atoms with Crippen LogP contribution in [-0.4, -0.2) is 89.0 Å². The van der Waals surface area contributed by atoms with E-state index in [1.54, 1.807) is 0 Å². The molecule has 0 radical (unpaired) electrons. The Morgan fingerprint density at radius 2 is 1.00 bits per heavy atom. The van der Waals surface area contributed by atoms with Gasteiger partial charge in [-0.1, -0.05) is 41.5 Å². The van der Waals surface area contributed by atoms with Gasteiger partial charge in [-0.25, -0.2) is 0 Å². The van der Waals surface area contributed by atoms with Crippen molar-refractivity contribution in [3.8, 4) is 0 Å². The molecule has 170 valence electrons. The van der Waals surface area contributed by atoms with Crippen molar-refractivity contribution in [2.75, 3.05) is 58.9 Å². The number of hydrogen-bond donors (Lipinski definition) is 0. The molecule has 0 aromatic rings. The average molecular weight is 416 g/mol. The molecule has 0 spiro atoms. The minimum absolute atomic E-state index is 0.138. The van der Waals surface area contributed by atoms with Gasteiger partial charge in [-0.15, -0.1) is 0 Å². The highest BCUT2D eigenvalue weighted by atomic mass is 28.2. The second kappa shape index (κ2) is 17.9. The van der Waals surface area contributed by atoms with E-state index >= 15 is 0 Å². The summed E-state index contributed by atoms with van der Waals surface area (Å²) < 4.78 is 6.30. The van der Waals surface area contributed by atoms with Gasteiger partial charge in [0.1, 0.15) is 0 Å². The third-order valence-electron chi connectivity index (χ3n) is 6.50. The SMILES string of the molecule is CCN(CC)CCCN(CCC[SiH2]OC(C)(CC)CC)CCCN(CC)CC. The molecule has 0 saturated carbocycles. The zero-order valence-corrected chi connectivity index (χ0v) is 22.0. The van der Waals surface area contributed by atoms with Crippen LogP contribution < -0.4 is 0 Å². The number of hydrogen-bond acceptors (Lipinski definition) is 4. The lowest BCUT2D eigenvalue weighted by Crippen LogP contribution is -2.34. The molecule has 5 heteroatoms. The summed E-state index contributed by atoms with van der Waals surface area (Å²) in [6.45, 7) is 26.8. The first-order valence-corrected chi connectivity index (χ1v) is 13.9. The molecule has 0 heterocycles. The van der Waals surface area contributed by atoms with Crippen molar-refractivity contribution in [3.63, 3.8) is 0 Å². The highest BCUT2D eigenvalue weighted by Crippen LogP contribution is 2.19. The van der Waals surface area contributed by atoms with Gasteiger partial charge in [0, 0.05) is 0 Å². The quantitative estimate of drug-likeness (QED) is 0.219. The van der Waals surface area contributed by atoms with Crippen LogP contribution in [0.15, 0.2) is 0 Å². The van der Waals surface area contributed by atoms with E-state index in [0.717, 1.165) is 12.8 Å². The Labute approximate surface area is 180 Å². The van der Waals surface area contributed by atoms with Crippen LogP contribution in [0, 0.1) is 0 Å².